The van der Waals surface area contributed by atoms with Gasteiger partial charge in [-0.1, -0.05) is 5.16 Å². The van der Waals surface area contributed by atoms with Crippen molar-refractivity contribution in [2.75, 3.05) is 17.6 Å². The number of thioether (sulfide) groups is 1. The lowest BCUT2D eigenvalue weighted by molar-refractivity contribution is -0.119. The number of carbonyl (C=O) groups excluding carboxylic acids is 2. The second-order valence-electron chi connectivity index (χ2n) is 5.82. The third kappa shape index (κ3) is 5.54. The highest BCUT2D eigenvalue weighted by Crippen LogP contribution is 2.15. The van der Waals surface area contributed by atoms with Crippen LogP contribution < -0.4 is 16.0 Å². The first kappa shape index (κ1) is 17.8. The number of nitrogens with zero attached hydrogens (tertiary/aromatic N) is 1. The summed E-state index contributed by atoms with van der Waals surface area (Å²) >= 11 is 1.31. The zero-order valence-electron chi connectivity index (χ0n) is 13.7. The zero-order chi connectivity index (χ0) is 16.8. The molecule has 128 valence electrons. The third-order valence-corrected chi connectivity index (χ3v) is 4.96. The van der Waals surface area contributed by atoms with Crippen LogP contribution in [0.4, 0.5) is 5.82 Å². The van der Waals surface area contributed by atoms with E-state index in [2.05, 4.69) is 28.0 Å². The maximum atomic E-state index is 12.0. The Morgan fingerprint density at radius 2 is 2.35 bits per heavy atom. The molecule has 1 aliphatic rings. The lowest BCUT2D eigenvalue weighted by Crippen LogP contribution is -2.52. The van der Waals surface area contributed by atoms with Gasteiger partial charge < -0.3 is 20.5 Å². The molecule has 0 spiro atoms. The highest BCUT2D eigenvalue weighted by atomic mass is 32.2. The third-order valence-electron chi connectivity index (χ3n) is 3.82. The molecule has 3 unspecified atom stereocenters. The predicted octanol–water partition coefficient (Wildman–Crippen LogP) is 1.30. The molecular weight excluding hydrogens is 316 g/mol. The summed E-state index contributed by atoms with van der Waals surface area (Å²) in [5.41, 5.74) is 0. The maximum Gasteiger partial charge on any atom is 0.238 e. The van der Waals surface area contributed by atoms with Gasteiger partial charge in [0.2, 0.25) is 11.8 Å². The van der Waals surface area contributed by atoms with Crippen LogP contribution in [0.1, 0.15) is 32.4 Å². The van der Waals surface area contributed by atoms with Gasteiger partial charge in [-0.25, -0.2) is 0 Å². The molecule has 0 bridgehead atoms. The number of amides is 2. The van der Waals surface area contributed by atoms with Crippen molar-refractivity contribution in [3.05, 3.63) is 11.8 Å². The number of hydrogen-bond donors (Lipinski definition) is 3. The molecule has 3 atom stereocenters. The molecule has 1 aromatic rings. The van der Waals surface area contributed by atoms with Gasteiger partial charge in [0.1, 0.15) is 5.76 Å². The lowest BCUT2D eigenvalue weighted by Gasteiger charge is -2.30. The van der Waals surface area contributed by atoms with E-state index < -0.39 is 0 Å². The molecule has 1 saturated heterocycles. The SMILES string of the molecule is Cc1cc(NC(=O)C(C)SCC(=O)NC2CCCNC2C)no1. The average molecular weight is 340 g/mol. The molecule has 23 heavy (non-hydrogen) atoms. The Morgan fingerprint density at radius 3 is 3.00 bits per heavy atom. The van der Waals surface area contributed by atoms with Gasteiger partial charge >= 0.3 is 0 Å². The topological polar surface area (TPSA) is 96.3 Å². The fourth-order valence-corrected chi connectivity index (χ4v) is 3.11. The van der Waals surface area contributed by atoms with Crippen LogP contribution in [0.3, 0.4) is 0 Å². The van der Waals surface area contributed by atoms with Crippen molar-refractivity contribution in [1.29, 1.82) is 0 Å². The molecule has 0 radical (unpaired) electrons. The zero-order valence-corrected chi connectivity index (χ0v) is 14.5. The number of anilines is 1. The molecule has 3 N–H and O–H groups in total. The summed E-state index contributed by atoms with van der Waals surface area (Å²) in [4.78, 5) is 24.0. The average Bonchev–Trinajstić information content (AvgIpc) is 2.92. The standard InChI is InChI=1S/C15H24N4O3S/c1-9-7-13(19-22-9)18-15(21)11(3)23-8-14(20)17-12-5-4-6-16-10(12)2/h7,10-12,16H,4-6,8H2,1-3H3,(H,17,20)(H,18,19,21). The Kier molecular flexibility index (Phi) is 6.47. The molecule has 0 aliphatic carbocycles. The van der Waals surface area contributed by atoms with Crippen molar-refractivity contribution in [2.24, 2.45) is 0 Å². The molecule has 2 amide bonds. The lowest BCUT2D eigenvalue weighted by atomic mass is 10.00. The van der Waals surface area contributed by atoms with Crippen molar-refractivity contribution in [2.45, 2.75) is 50.9 Å². The fourth-order valence-electron chi connectivity index (χ4n) is 2.42. The van der Waals surface area contributed by atoms with Crippen LogP contribution in [0.15, 0.2) is 10.6 Å². The van der Waals surface area contributed by atoms with E-state index in [4.69, 9.17) is 4.52 Å². The normalized spacial score (nSPS) is 22.4. The molecule has 2 rings (SSSR count). The van der Waals surface area contributed by atoms with Gasteiger partial charge in [0.15, 0.2) is 5.82 Å². The van der Waals surface area contributed by atoms with Crippen LogP contribution >= 0.6 is 11.8 Å². The molecule has 8 heteroatoms. The van der Waals surface area contributed by atoms with E-state index in [0.29, 0.717) is 11.6 Å². The molecule has 1 aromatic heterocycles. The van der Waals surface area contributed by atoms with Gasteiger partial charge in [0.25, 0.3) is 0 Å². The summed E-state index contributed by atoms with van der Waals surface area (Å²) in [6.07, 6.45) is 2.06. The largest absolute Gasteiger partial charge is 0.360 e. The van der Waals surface area contributed by atoms with Gasteiger partial charge in [-0.3, -0.25) is 9.59 Å². The Labute approximate surface area is 140 Å². The Morgan fingerprint density at radius 1 is 1.57 bits per heavy atom. The van der Waals surface area contributed by atoms with Crippen LogP contribution in [0.5, 0.6) is 0 Å². The highest BCUT2D eigenvalue weighted by molar-refractivity contribution is 8.01. The van der Waals surface area contributed by atoms with Crippen molar-refractivity contribution < 1.29 is 14.1 Å². The minimum absolute atomic E-state index is 0.0347. The van der Waals surface area contributed by atoms with Gasteiger partial charge in [0, 0.05) is 18.2 Å². The minimum Gasteiger partial charge on any atom is -0.360 e. The molecule has 0 saturated carbocycles. The van der Waals surface area contributed by atoms with Crippen LogP contribution in [0.2, 0.25) is 0 Å². The summed E-state index contributed by atoms with van der Waals surface area (Å²) in [5, 5.41) is 12.4. The van der Waals surface area contributed by atoms with Gasteiger partial charge in [0.05, 0.1) is 11.0 Å². The Balaban J connectivity index is 1.71. The Hall–Kier alpha value is -1.54. The van der Waals surface area contributed by atoms with Crippen molar-refractivity contribution >= 4 is 29.4 Å². The monoisotopic (exact) mass is 340 g/mol. The number of nitrogens with one attached hydrogen (secondary N) is 3. The molecule has 1 aliphatic heterocycles. The number of hydrogen-bond acceptors (Lipinski definition) is 6. The second kappa shape index (κ2) is 8.35. The smallest absolute Gasteiger partial charge is 0.238 e. The van der Waals surface area contributed by atoms with Crippen LogP contribution in [-0.2, 0) is 9.59 Å². The van der Waals surface area contributed by atoms with Crippen LogP contribution in [0, 0.1) is 6.92 Å². The first-order chi connectivity index (χ1) is 11.0. The molecule has 0 aromatic carbocycles. The number of piperidine rings is 1. The van der Waals surface area contributed by atoms with E-state index in [1.165, 1.54) is 11.8 Å². The maximum absolute atomic E-state index is 12.0. The van der Waals surface area contributed by atoms with E-state index in [9.17, 15) is 9.59 Å². The van der Waals surface area contributed by atoms with Crippen LogP contribution in [-0.4, -0.2) is 46.6 Å². The molecule has 2 heterocycles. The summed E-state index contributed by atoms with van der Waals surface area (Å²) in [7, 11) is 0. The number of aryl methyl sites for hydroxylation is 1. The van der Waals surface area contributed by atoms with Gasteiger partial charge in [-0.05, 0) is 40.2 Å². The first-order valence-corrected chi connectivity index (χ1v) is 8.89. The van der Waals surface area contributed by atoms with E-state index in [-0.39, 0.29) is 34.9 Å². The molecule has 1 fully saturated rings. The predicted molar refractivity (Wildman–Crippen MR) is 90.4 cm³/mol. The van der Waals surface area contributed by atoms with Crippen molar-refractivity contribution in [3.63, 3.8) is 0 Å². The van der Waals surface area contributed by atoms with Gasteiger partial charge in [-0.15, -0.1) is 11.8 Å². The first-order valence-electron chi connectivity index (χ1n) is 7.84. The summed E-state index contributed by atoms with van der Waals surface area (Å²) in [6.45, 7) is 6.60. The van der Waals surface area contributed by atoms with E-state index in [1.807, 2.05) is 0 Å². The highest BCUT2D eigenvalue weighted by Gasteiger charge is 2.23. The second-order valence-corrected chi connectivity index (χ2v) is 7.15. The summed E-state index contributed by atoms with van der Waals surface area (Å²) < 4.78 is 4.90. The van der Waals surface area contributed by atoms with E-state index in [1.54, 1.807) is 19.9 Å². The number of rotatable bonds is 6. The fraction of sp³-hybridized carbons (Fsp3) is 0.667. The molecular formula is C15H24N4O3S. The van der Waals surface area contributed by atoms with Gasteiger partial charge in [-0.2, -0.15) is 0 Å². The molecule has 7 nitrogen and oxygen atoms in total. The van der Waals surface area contributed by atoms with E-state index >= 15 is 0 Å². The van der Waals surface area contributed by atoms with Crippen molar-refractivity contribution in [3.8, 4) is 0 Å². The van der Waals surface area contributed by atoms with Crippen LogP contribution in [0.25, 0.3) is 0 Å². The summed E-state index contributed by atoms with van der Waals surface area (Å²) in [6, 6.07) is 2.10. The van der Waals surface area contributed by atoms with E-state index in [0.717, 1.165) is 19.4 Å². The minimum atomic E-state index is -0.348. The quantitative estimate of drug-likeness (QED) is 0.722. The summed E-state index contributed by atoms with van der Waals surface area (Å²) in [5.74, 6) is 1.06. The number of carbonyl (C=O) groups is 2. The van der Waals surface area contributed by atoms with Crippen molar-refractivity contribution in [1.82, 2.24) is 15.8 Å². The number of aromatic nitrogens is 1. The Bertz CT molecular complexity index is 549.